The number of benzene rings is 1. The van der Waals surface area contributed by atoms with E-state index >= 15 is 0 Å². The standard InChI is InChI=1S/C19H26N4O2/c1-21-10-6-15(7-11-21)23-13-8-16-17(4-3-5-18(16)23)22(2)12-9-19(25)20-14-24/h3-5,8,13-15H,6-7,9-12H2,1-2H3,(H,20,24,25). The molecular weight excluding hydrogens is 316 g/mol. The molecule has 2 aromatic rings. The number of imide groups is 1. The Bertz CT molecular complexity index is 747. The van der Waals surface area contributed by atoms with Crippen LogP contribution in [0.2, 0.25) is 0 Å². The molecule has 0 bridgehead atoms. The van der Waals surface area contributed by atoms with Crippen LogP contribution in [0.5, 0.6) is 0 Å². The van der Waals surface area contributed by atoms with Crippen LogP contribution >= 0.6 is 0 Å². The molecular formula is C19H26N4O2. The molecule has 1 aromatic carbocycles. The summed E-state index contributed by atoms with van der Waals surface area (Å²) in [4.78, 5) is 26.3. The quantitative estimate of drug-likeness (QED) is 0.816. The van der Waals surface area contributed by atoms with E-state index in [1.54, 1.807) is 0 Å². The highest BCUT2D eigenvalue weighted by atomic mass is 16.2. The maximum Gasteiger partial charge on any atom is 0.228 e. The lowest BCUT2D eigenvalue weighted by Crippen LogP contribution is -2.31. The maximum absolute atomic E-state index is 11.5. The van der Waals surface area contributed by atoms with Crippen molar-refractivity contribution in [1.29, 1.82) is 0 Å². The number of carbonyl (C=O) groups is 2. The van der Waals surface area contributed by atoms with Crippen molar-refractivity contribution < 1.29 is 9.59 Å². The zero-order valence-corrected chi connectivity index (χ0v) is 14.9. The number of likely N-dealkylation sites (tertiary alicyclic amines) is 1. The van der Waals surface area contributed by atoms with Gasteiger partial charge in [-0.15, -0.1) is 0 Å². The number of rotatable bonds is 6. The lowest BCUT2D eigenvalue weighted by atomic mass is 10.1. The normalized spacial score (nSPS) is 16.1. The van der Waals surface area contributed by atoms with Crippen LogP contribution in [0.3, 0.4) is 0 Å². The van der Waals surface area contributed by atoms with Crippen molar-refractivity contribution >= 4 is 28.9 Å². The Morgan fingerprint density at radius 1 is 1.32 bits per heavy atom. The van der Waals surface area contributed by atoms with E-state index in [1.165, 1.54) is 23.7 Å². The van der Waals surface area contributed by atoms with Crippen LogP contribution in [-0.4, -0.2) is 55.5 Å². The van der Waals surface area contributed by atoms with Gasteiger partial charge in [0.1, 0.15) is 0 Å². The molecule has 6 heteroatoms. The van der Waals surface area contributed by atoms with Crippen LogP contribution in [0.1, 0.15) is 25.3 Å². The van der Waals surface area contributed by atoms with Gasteiger partial charge in [0.25, 0.3) is 0 Å². The van der Waals surface area contributed by atoms with E-state index in [9.17, 15) is 9.59 Å². The minimum absolute atomic E-state index is 0.252. The van der Waals surface area contributed by atoms with Gasteiger partial charge in [0.15, 0.2) is 0 Å². The first kappa shape index (κ1) is 17.5. The first-order chi connectivity index (χ1) is 12.1. The maximum atomic E-state index is 11.5. The Hall–Kier alpha value is -2.34. The van der Waals surface area contributed by atoms with E-state index in [0.717, 1.165) is 18.8 Å². The SMILES string of the molecule is CN1CCC(n2ccc3c(N(C)CCC(=O)NC=O)cccc32)CC1. The smallest absolute Gasteiger partial charge is 0.228 e. The summed E-state index contributed by atoms with van der Waals surface area (Å²) in [5, 5.41) is 3.39. The van der Waals surface area contributed by atoms with Gasteiger partial charge in [-0.05, 0) is 51.2 Å². The molecule has 2 heterocycles. The zero-order valence-electron chi connectivity index (χ0n) is 14.9. The van der Waals surface area contributed by atoms with Gasteiger partial charge in [0.05, 0.1) is 5.52 Å². The molecule has 1 aromatic heterocycles. The van der Waals surface area contributed by atoms with Crippen molar-refractivity contribution in [2.45, 2.75) is 25.3 Å². The van der Waals surface area contributed by atoms with Crippen LogP contribution in [0.4, 0.5) is 5.69 Å². The molecule has 1 saturated heterocycles. The topological polar surface area (TPSA) is 57.6 Å². The Morgan fingerprint density at radius 3 is 2.80 bits per heavy atom. The Labute approximate surface area is 148 Å². The fourth-order valence-corrected chi connectivity index (χ4v) is 3.62. The van der Waals surface area contributed by atoms with Gasteiger partial charge in [-0.3, -0.25) is 14.9 Å². The number of nitrogens with one attached hydrogen (secondary N) is 1. The van der Waals surface area contributed by atoms with Gasteiger partial charge in [-0.25, -0.2) is 0 Å². The van der Waals surface area contributed by atoms with Crippen LogP contribution in [0, 0.1) is 0 Å². The summed E-state index contributed by atoms with van der Waals surface area (Å²) in [6, 6.07) is 9.05. The molecule has 0 radical (unpaired) electrons. The van der Waals surface area contributed by atoms with Gasteiger partial charge in [0, 0.05) is 43.3 Å². The van der Waals surface area contributed by atoms with Crippen molar-refractivity contribution in [3.63, 3.8) is 0 Å². The van der Waals surface area contributed by atoms with Crippen molar-refractivity contribution in [3.8, 4) is 0 Å². The van der Waals surface area contributed by atoms with Crippen LogP contribution in [0.15, 0.2) is 30.5 Å². The molecule has 0 unspecified atom stereocenters. The highest BCUT2D eigenvalue weighted by molar-refractivity contribution is 5.93. The first-order valence-electron chi connectivity index (χ1n) is 8.82. The number of anilines is 1. The van der Waals surface area contributed by atoms with Crippen molar-refractivity contribution in [2.24, 2.45) is 0 Å². The second-order valence-corrected chi connectivity index (χ2v) is 6.82. The molecule has 134 valence electrons. The second kappa shape index (κ2) is 7.70. The third-order valence-electron chi connectivity index (χ3n) is 5.13. The van der Waals surface area contributed by atoms with Gasteiger partial charge in [0.2, 0.25) is 12.3 Å². The molecule has 3 rings (SSSR count). The largest absolute Gasteiger partial charge is 0.374 e. The van der Waals surface area contributed by atoms with E-state index in [2.05, 4.69) is 57.2 Å². The molecule has 0 saturated carbocycles. The van der Waals surface area contributed by atoms with Crippen molar-refractivity contribution in [1.82, 2.24) is 14.8 Å². The first-order valence-corrected chi connectivity index (χ1v) is 8.82. The molecule has 1 aliphatic rings. The molecule has 1 N–H and O–H groups in total. The second-order valence-electron chi connectivity index (χ2n) is 6.82. The van der Waals surface area contributed by atoms with E-state index in [1.807, 2.05) is 7.05 Å². The Morgan fingerprint density at radius 2 is 2.08 bits per heavy atom. The number of hydrogen-bond acceptors (Lipinski definition) is 4. The Balaban J connectivity index is 1.78. The molecule has 1 aliphatic heterocycles. The Kier molecular flexibility index (Phi) is 5.38. The minimum atomic E-state index is -0.252. The highest BCUT2D eigenvalue weighted by Crippen LogP contribution is 2.32. The summed E-state index contributed by atoms with van der Waals surface area (Å²) >= 11 is 0. The summed E-state index contributed by atoms with van der Waals surface area (Å²) in [6.45, 7) is 2.84. The van der Waals surface area contributed by atoms with E-state index in [0.29, 0.717) is 25.4 Å². The third-order valence-corrected chi connectivity index (χ3v) is 5.13. The lowest BCUT2D eigenvalue weighted by molar-refractivity contribution is -0.125. The summed E-state index contributed by atoms with van der Waals surface area (Å²) < 4.78 is 2.40. The van der Waals surface area contributed by atoms with Gasteiger partial charge >= 0.3 is 0 Å². The minimum Gasteiger partial charge on any atom is -0.374 e. The summed E-state index contributed by atoms with van der Waals surface area (Å²) in [7, 11) is 4.16. The predicted octanol–water partition coefficient (Wildman–Crippen LogP) is 2.01. The van der Waals surface area contributed by atoms with E-state index in [4.69, 9.17) is 0 Å². The third kappa shape index (κ3) is 3.85. The predicted molar refractivity (Wildman–Crippen MR) is 99.8 cm³/mol. The number of aromatic nitrogens is 1. The molecule has 1 fully saturated rings. The van der Waals surface area contributed by atoms with Gasteiger partial charge < -0.3 is 14.4 Å². The number of fused-ring (bicyclic) bond motifs is 1. The fraction of sp³-hybridized carbons (Fsp3) is 0.474. The van der Waals surface area contributed by atoms with Crippen molar-refractivity contribution in [2.75, 3.05) is 38.6 Å². The average Bonchev–Trinajstić information content (AvgIpc) is 3.04. The molecule has 0 spiro atoms. The summed E-state index contributed by atoms with van der Waals surface area (Å²) in [6.07, 6.45) is 5.27. The van der Waals surface area contributed by atoms with Crippen molar-refractivity contribution in [3.05, 3.63) is 30.5 Å². The number of carbonyl (C=O) groups excluding carboxylic acids is 2. The monoisotopic (exact) mass is 342 g/mol. The summed E-state index contributed by atoms with van der Waals surface area (Å²) in [5.74, 6) is -0.252. The number of piperidine rings is 1. The molecule has 25 heavy (non-hydrogen) atoms. The van der Waals surface area contributed by atoms with Crippen LogP contribution in [0.25, 0.3) is 10.9 Å². The number of amides is 2. The molecule has 2 amide bonds. The van der Waals surface area contributed by atoms with Crippen LogP contribution in [-0.2, 0) is 9.59 Å². The molecule has 0 aliphatic carbocycles. The average molecular weight is 342 g/mol. The van der Waals surface area contributed by atoms with Crippen LogP contribution < -0.4 is 10.2 Å². The number of nitrogens with zero attached hydrogens (tertiary/aromatic N) is 3. The zero-order chi connectivity index (χ0) is 17.8. The lowest BCUT2D eigenvalue weighted by Gasteiger charge is -2.30. The fourth-order valence-electron chi connectivity index (χ4n) is 3.62. The van der Waals surface area contributed by atoms with E-state index in [-0.39, 0.29) is 5.91 Å². The summed E-state index contributed by atoms with van der Waals surface area (Å²) in [5.41, 5.74) is 2.36. The molecule has 0 atom stereocenters. The van der Waals surface area contributed by atoms with Gasteiger partial charge in [-0.2, -0.15) is 0 Å². The number of hydrogen-bond donors (Lipinski definition) is 1. The van der Waals surface area contributed by atoms with Gasteiger partial charge in [-0.1, -0.05) is 6.07 Å². The molecule has 6 nitrogen and oxygen atoms in total. The highest BCUT2D eigenvalue weighted by Gasteiger charge is 2.20. The van der Waals surface area contributed by atoms with E-state index < -0.39 is 0 Å².